The Morgan fingerprint density at radius 3 is 1.50 bits per heavy atom. The molecule has 3 fully saturated rings. The van der Waals surface area contributed by atoms with Gasteiger partial charge >= 0.3 is 6.03 Å². The Bertz CT molecular complexity index is 398. The van der Waals surface area contributed by atoms with Gasteiger partial charge in [-0.25, -0.2) is 14.2 Å². The summed E-state index contributed by atoms with van der Waals surface area (Å²) in [7, 11) is 0. The van der Waals surface area contributed by atoms with Crippen molar-refractivity contribution in [1.29, 1.82) is 0 Å². The number of nitrogens with zero attached hydrogens (tertiary/aromatic N) is 2. The van der Waals surface area contributed by atoms with Gasteiger partial charge in [-0.3, -0.25) is 8.61 Å². The third-order valence-electron chi connectivity index (χ3n) is 5.65. The summed E-state index contributed by atoms with van der Waals surface area (Å²) in [6.45, 7) is 6.16. The van der Waals surface area contributed by atoms with Gasteiger partial charge in [0.1, 0.15) is 0 Å². The van der Waals surface area contributed by atoms with Crippen molar-refractivity contribution in [3.05, 3.63) is 0 Å². The minimum atomic E-state index is 0.115. The zero-order valence-electron chi connectivity index (χ0n) is 15.1. The first-order chi connectivity index (χ1) is 11.5. The largest absolute Gasteiger partial charge is 0.342 e. The number of urea groups is 1. The lowest BCUT2D eigenvalue weighted by atomic mass is 9.84. The van der Waals surface area contributed by atoms with E-state index in [9.17, 15) is 4.79 Å². The second-order valence-corrected chi connectivity index (χ2v) is 9.77. The smallest absolute Gasteiger partial charge is 0.252 e. The fraction of sp³-hybridized carbons (Fsp3) is 0.941. The van der Waals surface area contributed by atoms with Gasteiger partial charge in [-0.1, -0.05) is 38.5 Å². The Hall–Kier alpha value is -0.110. The maximum atomic E-state index is 12.6. The van der Waals surface area contributed by atoms with Crippen LogP contribution in [0.5, 0.6) is 0 Å². The van der Waals surface area contributed by atoms with Crippen LogP contribution in [0.1, 0.15) is 78.1 Å². The molecule has 138 valence electrons. The van der Waals surface area contributed by atoms with Crippen LogP contribution in [0, 0.1) is 0 Å². The molecule has 1 heterocycles. The van der Waals surface area contributed by atoms with Gasteiger partial charge in [0.2, 0.25) is 0 Å². The molecular formula is C17H32N4OS2. The molecule has 0 aromatic heterocycles. The number of amides is 2. The highest BCUT2D eigenvalue weighted by Crippen LogP contribution is 2.33. The summed E-state index contributed by atoms with van der Waals surface area (Å²) in [6, 6.07) is 0.115. The summed E-state index contributed by atoms with van der Waals surface area (Å²) >= 11 is 3.03. The van der Waals surface area contributed by atoms with Crippen LogP contribution in [0.2, 0.25) is 0 Å². The molecular weight excluding hydrogens is 340 g/mol. The quantitative estimate of drug-likeness (QED) is 0.673. The molecule has 0 aromatic rings. The van der Waals surface area contributed by atoms with E-state index in [0.717, 1.165) is 13.1 Å². The molecule has 0 spiro atoms. The van der Waals surface area contributed by atoms with Gasteiger partial charge in [0.05, 0.1) is 13.1 Å². The van der Waals surface area contributed by atoms with E-state index in [4.69, 9.17) is 0 Å². The van der Waals surface area contributed by atoms with Crippen molar-refractivity contribution in [2.75, 3.05) is 13.1 Å². The lowest BCUT2D eigenvalue weighted by Crippen LogP contribution is -2.43. The van der Waals surface area contributed by atoms with Crippen LogP contribution < -0.4 is 9.44 Å². The van der Waals surface area contributed by atoms with Crippen molar-refractivity contribution in [3.63, 3.8) is 0 Å². The molecule has 2 N–H and O–H groups in total. The molecule has 1 saturated heterocycles. The summed E-state index contributed by atoms with van der Waals surface area (Å²) in [5.41, 5.74) is 0.356. The fourth-order valence-corrected chi connectivity index (χ4v) is 5.69. The number of hydrogen-bond donors (Lipinski definition) is 2. The third-order valence-corrected chi connectivity index (χ3v) is 7.94. The van der Waals surface area contributed by atoms with Crippen molar-refractivity contribution in [1.82, 2.24) is 18.1 Å². The van der Waals surface area contributed by atoms with Gasteiger partial charge in [0.15, 0.2) is 0 Å². The van der Waals surface area contributed by atoms with Gasteiger partial charge < -0.3 is 0 Å². The molecule has 2 amide bonds. The summed E-state index contributed by atoms with van der Waals surface area (Å²) in [5, 5.41) is 0. The number of carbonyl (C=O) groups is 1. The van der Waals surface area contributed by atoms with Gasteiger partial charge in [0.25, 0.3) is 0 Å². The lowest BCUT2D eigenvalue weighted by molar-refractivity contribution is 0.226. The maximum absolute atomic E-state index is 12.6. The summed E-state index contributed by atoms with van der Waals surface area (Å²) in [4.78, 5) is 12.6. The van der Waals surface area contributed by atoms with Crippen LogP contribution in [0.25, 0.3) is 0 Å². The van der Waals surface area contributed by atoms with E-state index < -0.39 is 0 Å². The summed E-state index contributed by atoms with van der Waals surface area (Å²) in [6.07, 6.45) is 12.7. The predicted molar refractivity (Wildman–Crippen MR) is 103 cm³/mol. The first-order valence-corrected chi connectivity index (χ1v) is 11.0. The van der Waals surface area contributed by atoms with E-state index in [1.807, 2.05) is 8.61 Å². The van der Waals surface area contributed by atoms with Crippen LogP contribution in [-0.2, 0) is 0 Å². The molecule has 0 unspecified atom stereocenters. The average molecular weight is 373 g/mol. The number of hydrogen-bond acceptors (Lipinski definition) is 5. The van der Waals surface area contributed by atoms with Crippen LogP contribution in [-0.4, -0.2) is 38.8 Å². The summed E-state index contributed by atoms with van der Waals surface area (Å²) < 4.78 is 10.9. The van der Waals surface area contributed by atoms with E-state index >= 15 is 0 Å². The van der Waals surface area contributed by atoms with E-state index in [1.165, 1.54) is 88.5 Å². The molecule has 0 bridgehead atoms. The first kappa shape index (κ1) is 18.7. The molecule has 5 nitrogen and oxygen atoms in total. The Morgan fingerprint density at radius 1 is 0.750 bits per heavy atom. The van der Waals surface area contributed by atoms with Crippen LogP contribution in [0.15, 0.2) is 0 Å². The minimum absolute atomic E-state index is 0.115. The SMILES string of the molecule is CC1(NSN2CCN(SNC3(C)CCCCC3)C2=O)CCCCC1. The number of nitrogens with one attached hydrogen (secondary N) is 2. The van der Waals surface area contributed by atoms with Crippen molar-refractivity contribution < 1.29 is 4.79 Å². The van der Waals surface area contributed by atoms with Crippen LogP contribution >= 0.6 is 24.3 Å². The van der Waals surface area contributed by atoms with Gasteiger partial charge in [-0.15, -0.1) is 0 Å². The molecule has 24 heavy (non-hydrogen) atoms. The highest BCUT2D eigenvalue weighted by molar-refractivity contribution is 7.97. The number of carbonyl (C=O) groups excluding carboxylic acids is 1. The fourth-order valence-electron chi connectivity index (χ4n) is 3.87. The molecule has 2 saturated carbocycles. The standard InChI is InChI=1S/C17H32N4OS2/c1-16(9-5-3-6-10-16)18-23-20-13-14-21(15(20)22)24-19-17(2)11-7-4-8-12-17/h18-19H,3-14H2,1-2H3. The van der Waals surface area contributed by atoms with Crippen molar-refractivity contribution in [2.45, 2.75) is 89.1 Å². The molecule has 0 aromatic carbocycles. The minimum Gasteiger partial charge on any atom is -0.252 e. The van der Waals surface area contributed by atoms with Gasteiger partial charge in [0, 0.05) is 35.3 Å². The highest BCUT2D eigenvalue weighted by Gasteiger charge is 2.35. The normalized spacial score (nSPS) is 26.8. The second kappa shape index (κ2) is 8.06. The van der Waals surface area contributed by atoms with E-state index in [0.29, 0.717) is 0 Å². The Kier molecular flexibility index (Phi) is 6.27. The van der Waals surface area contributed by atoms with Gasteiger partial charge in [-0.2, -0.15) is 0 Å². The van der Waals surface area contributed by atoms with Crippen molar-refractivity contribution in [2.24, 2.45) is 0 Å². The van der Waals surface area contributed by atoms with E-state index in [1.54, 1.807) is 0 Å². The molecule has 2 aliphatic carbocycles. The van der Waals surface area contributed by atoms with Crippen LogP contribution in [0.4, 0.5) is 4.79 Å². The first-order valence-electron chi connectivity index (χ1n) is 9.47. The van der Waals surface area contributed by atoms with Crippen molar-refractivity contribution >= 4 is 30.3 Å². The lowest BCUT2D eigenvalue weighted by Gasteiger charge is -2.35. The maximum Gasteiger partial charge on any atom is 0.342 e. The molecule has 0 radical (unpaired) electrons. The monoisotopic (exact) mass is 372 g/mol. The molecule has 0 atom stereocenters. The predicted octanol–water partition coefficient (Wildman–Crippen LogP) is 4.48. The highest BCUT2D eigenvalue weighted by atomic mass is 32.2. The second-order valence-electron chi connectivity index (χ2n) is 8.12. The Morgan fingerprint density at radius 2 is 1.12 bits per heavy atom. The van der Waals surface area contributed by atoms with E-state index in [2.05, 4.69) is 23.3 Å². The molecule has 7 heteroatoms. The topological polar surface area (TPSA) is 47.6 Å². The Labute approximate surface area is 155 Å². The third kappa shape index (κ3) is 4.74. The summed E-state index contributed by atoms with van der Waals surface area (Å²) in [5.74, 6) is 0. The number of rotatable bonds is 6. The molecule has 3 rings (SSSR count). The zero-order chi connectivity index (χ0) is 17.0. The average Bonchev–Trinajstić information content (AvgIpc) is 2.93. The van der Waals surface area contributed by atoms with E-state index in [-0.39, 0.29) is 17.1 Å². The van der Waals surface area contributed by atoms with Crippen molar-refractivity contribution in [3.8, 4) is 0 Å². The molecule has 1 aliphatic heterocycles. The zero-order valence-corrected chi connectivity index (χ0v) is 16.7. The van der Waals surface area contributed by atoms with Crippen LogP contribution in [0.3, 0.4) is 0 Å². The van der Waals surface area contributed by atoms with Gasteiger partial charge in [-0.05, 0) is 39.5 Å². The Balaban J connectivity index is 1.43. The molecule has 3 aliphatic rings.